The third kappa shape index (κ3) is 2.95. The molecule has 2 rings (SSSR count). The van der Waals surface area contributed by atoms with Gasteiger partial charge in [0.1, 0.15) is 17.5 Å². The molecular weight excluding hydrogens is 275 g/mol. The topological polar surface area (TPSA) is 12.0 Å². The minimum absolute atomic E-state index is 0.158. The summed E-state index contributed by atoms with van der Waals surface area (Å²) in [6.07, 6.45) is 0. The van der Waals surface area contributed by atoms with Crippen LogP contribution in [0.2, 0.25) is 0 Å². The van der Waals surface area contributed by atoms with Gasteiger partial charge < -0.3 is 5.32 Å². The SMILES string of the molecule is CNC(c1c(C)cc(C)cc1C)c1c(F)cc(F)cc1F. The second kappa shape index (κ2) is 5.90. The predicted molar refractivity (Wildman–Crippen MR) is 77.9 cm³/mol. The Morgan fingerprint density at radius 1 is 0.810 bits per heavy atom. The van der Waals surface area contributed by atoms with Crippen molar-refractivity contribution in [1.29, 1.82) is 0 Å². The lowest BCUT2D eigenvalue weighted by molar-refractivity contribution is 0.499. The monoisotopic (exact) mass is 293 g/mol. The van der Waals surface area contributed by atoms with E-state index in [1.807, 2.05) is 32.9 Å². The minimum atomic E-state index is -0.916. The summed E-state index contributed by atoms with van der Waals surface area (Å²) >= 11 is 0. The maximum absolute atomic E-state index is 14.1. The Labute approximate surface area is 122 Å². The molecule has 1 atom stereocenters. The lowest BCUT2D eigenvalue weighted by Crippen LogP contribution is -2.22. The largest absolute Gasteiger partial charge is 0.309 e. The van der Waals surface area contributed by atoms with Crippen LogP contribution in [0.4, 0.5) is 13.2 Å². The molecule has 0 saturated carbocycles. The minimum Gasteiger partial charge on any atom is -0.309 e. The number of benzene rings is 2. The van der Waals surface area contributed by atoms with Gasteiger partial charge in [-0.3, -0.25) is 0 Å². The van der Waals surface area contributed by atoms with Gasteiger partial charge in [0.2, 0.25) is 0 Å². The Kier molecular flexibility index (Phi) is 4.37. The molecule has 2 aromatic rings. The van der Waals surface area contributed by atoms with Gasteiger partial charge in [-0.1, -0.05) is 17.7 Å². The van der Waals surface area contributed by atoms with Crippen LogP contribution in [0, 0.1) is 38.2 Å². The number of halogens is 3. The second-order valence-electron chi connectivity index (χ2n) is 5.32. The summed E-state index contributed by atoms with van der Waals surface area (Å²) in [5.41, 5.74) is 3.62. The maximum Gasteiger partial charge on any atom is 0.134 e. The van der Waals surface area contributed by atoms with Crippen LogP contribution in [0.25, 0.3) is 0 Å². The molecule has 0 spiro atoms. The van der Waals surface area contributed by atoms with Crippen molar-refractivity contribution in [2.45, 2.75) is 26.8 Å². The summed E-state index contributed by atoms with van der Waals surface area (Å²) in [5, 5.41) is 2.93. The molecule has 0 aliphatic heterocycles. The number of rotatable bonds is 3. The highest BCUT2D eigenvalue weighted by atomic mass is 19.1. The highest BCUT2D eigenvalue weighted by molar-refractivity contribution is 5.44. The van der Waals surface area contributed by atoms with E-state index in [2.05, 4.69) is 5.32 Å². The summed E-state index contributed by atoms with van der Waals surface area (Å²) in [6, 6.07) is 4.69. The van der Waals surface area contributed by atoms with Crippen LogP contribution in [0.1, 0.15) is 33.9 Å². The highest BCUT2D eigenvalue weighted by Gasteiger charge is 2.24. The predicted octanol–water partition coefficient (Wildman–Crippen LogP) is 4.34. The first kappa shape index (κ1) is 15.6. The second-order valence-corrected chi connectivity index (χ2v) is 5.32. The van der Waals surface area contributed by atoms with E-state index in [1.54, 1.807) is 7.05 Å². The van der Waals surface area contributed by atoms with E-state index >= 15 is 0 Å². The first-order valence-corrected chi connectivity index (χ1v) is 6.74. The normalized spacial score (nSPS) is 12.5. The van der Waals surface area contributed by atoms with Crippen molar-refractivity contribution >= 4 is 0 Å². The standard InChI is InChI=1S/C17H18F3N/c1-9-5-10(2)15(11(3)6-9)17(21-4)16-13(19)7-12(18)8-14(16)20/h5-8,17,21H,1-4H3. The van der Waals surface area contributed by atoms with Crippen molar-refractivity contribution < 1.29 is 13.2 Å². The molecule has 21 heavy (non-hydrogen) atoms. The van der Waals surface area contributed by atoms with Crippen molar-refractivity contribution in [3.8, 4) is 0 Å². The molecule has 0 bridgehead atoms. The molecule has 0 radical (unpaired) electrons. The Hall–Kier alpha value is -1.81. The van der Waals surface area contributed by atoms with Crippen molar-refractivity contribution in [3.63, 3.8) is 0 Å². The van der Waals surface area contributed by atoms with Crippen LogP contribution in [-0.4, -0.2) is 7.05 Å². The summed E-state index contributed by atoms with van der Waals surface area (Å²) in [5.74, 6) is -2.68. The zero-order valence-corrected chi connectivity index (χ0v) is 12.5. The van der Waals surface area contributed by atoms with E-state index in [9.17, 15) is 13.2 Å². The van der Waals surface area contributed by atoms with Gasteiger partial charge in [-0.05, 0) is 44.5 Å². The zero-order chi connectivity index (χ0) is 15.7. The molecule has 1 nitrogen and oxygen atoms in total. The van der Waals surface area contributed by atoms with Crippen molar-refractivity contribution in [1.82, 2.24) is 5.32 Å². The summed E-state index contributed by atoms with van der Waals surface area (Å²) in [4.78, 5) is 0. The fourth-order valence-corrected chi connectivity index (χ4v) is 2.91. The molecule has 1 N–H and O–H groups in total. The molecule has 1 unspecified atom stereocenters. The Balaban J connectivity index is 2.66. The molecule has 112 valence electrons. The van der Waals surface area contributed by atoms with Crippen LogP contribution in [0.15, 0.2) is 24.3 Å². The third-order valence-electron chi connectivity index (χ3n) is 3.65. The molecule has 0 aliphatic carbocycles. The Morgan fingerprint density at radius 3 is 1.71 bits per heavy atom. The summed E-state index contributed by atoms with van der Waals surface area (Å²) in [6.45, 7) is 5.77. The van der Waals surface area contributed by atoms with Crippen molar-refractivity contribution in [3.05, 3.63) is 69.5 Å². The Morgan fingerprint density at radius 2 is 1.29 bits per heavy atom. The number of nitrogens with one attached hydrogen (secondary N) is 1. The van der Waals surface area contributed by atoms with E-state index in [-0.39, 0.29) is 5.56 Å². The molecule has 0 fully saturated rings. The van der Waals surface area contributed by atoms with Crippen LogP contribution >= 0.6 is 0 Å². The van der Waals surface area contributed by atoms with Gasteiger partial charge in [-0.25, -0.2) is 13.2 Å². The lowest BCUT2D eigenvalue weighted by Gasteiger charge is -2.23. The highest BCUT2D eigenvalue weighted by Crippen LogP contribution is 2.32. The molecule has 0 amide bonds. The van der Waals surface area contributed by atoms with Gasteiger partial charge in [0.25, 0.3) is 0 Å². The summed E-state index contributed by atoms with van der Waals surface area (Å²) in [7, 11) is 1.63. The van der Waals surface area contributed by atoms with Gasteiger partial charge in [0.05, 0.1) is 6.04 Å². The van der Waals surface area contributed by atoms with Crippen LogP contribution < -0.4 is 5.32 Å². The molecule has 0 aromatic heterocycles. The molecule has 4 heteroatoms. The molecule has 0 aliphatic rings. The maximum atomic E-state index is 14.1. The third-order valence-corrected chi connectivity index (χ3v) is 3.65. The first-order valence-electron chi connectivity index (χ1n) is 6.74. The molecule has 0 saturated heterocycles. The smallest absolute Gasteiger partial charge is 0.134 e. The van der Waals surface area contributed by atoms with Gasteiger partial charge in [-0.2, -0.15) is 0 Å². The van der Waals surface area contributed by atoms with Gasteiger partial charge in [0.15, 0.2) is 0 Å². The number of hydrogen-bond donors (Lipinski definition) is 1. The average molecular weight is 293 g/mol. The number of hydrogen-bond acceptors (Lipinski definition) is 1. The van der Waals surface area contributed by atoms with Crippen molar-refractivity contribution in [2.75, 3.05) is 7.05 Å². The van der Waals surface area contributed by atoms with Crippen LogP contribution in [0.3, 0.4) is 0 Å². The molecular formula is C17H18F3N. The van der Waals surface area contributed by atoms with Crippen LogP contribution in [-0.2, 0) is 0 Å². The molecule has 0 heterocycles. The summed E-state index contributed by atoms with van der Waals surface area (Å²) < 4.78 is 41.2. The van der Waals surface area contributed by atoms with Crippen LogP contribution in [0.5, 0.6) is 0 Å². The van der Waals surface area contributed by atoms with E-state index in [1.165, 1.54) is 0 Å². The first-order chi connectivity index (χ1) is 9.85. The average Bonchev–Trinajstić information content (AvgIpc) is 2.34. The van der Waals surface area contributed by atoms with E-state index in [0.717, 1.165) is 22.3 Å². The van der Waals surface area contributed by atoms with E-state index < -0.39 is 23.5 Å². The number of aryl methyl sites for hydroxylation is 3. The lowest BCUT2D eigenvalue weighted by atomic mass is 9.89. The zero-order valence-electron chi connectivity index (χ0n) is 12.5. The fourth-order valence-electron chi connectivity index (χ4n) is 2.91. The van der Waals surface area contributed by atoms with Gasteiger partial charge in [0, 0.05) is 17.7 Å². The Bertz CT molecular complexity index is 576. The van der Waals surface area contributed by atoms with Gasteiger partial charge in [-0.15, -0.1) is 0 Å². The fraction of sp³-hybridized carbons (Fsp3) is 0.294. The molecule has 2 aromatic carbocycles. The van der Waals surface area contributed by atoms with E-state index in [0.29, 0.717) is 12.1 Å². The van der Waals surface area contributed by atoms with E-state index in [4.69, 9.17) is 0 Å². The van der Waals surface area contributed by atoms with Crippen molar-refractivity contribution in [2.24, 2.45) is 0 Å². The quantitative estimate of drug-likeness (QED) is 0.887. The van der Waals surface area contributed by atoms with Gasteiger partial charge >= 0.3 is 0 Å².